The van der Waals surface area contributed by atoms with E-state index in [0.717, 1.165) is 0 Å². The van der Waals surface area contributed by atoms with E-state index in [-0.39, 0.29) is 23.5 Å². The number of hydrogen-bond donors (Lipinski definition) is 1. The van der Waals surface area contributed by atoms with Gasteiger partial charge in [-0.2, -0.15) is 0 Å². The molecule has 1 N–H and O–H groups in total. The Morgan fingerprint density at radius 2 is 1.73 bits per heavy atom. The summed E-state index contributed by atoms with van der Waals surface area (Å²) in [6.07, 6.45) is 1.71. The van der Waals surface area contributed by atoms with E-state index >= 15 is 0 Å². The highest BCUT2D eigenvalue weighted by Crippen LogP contribution is 2.41. The van der Waals surface area contributed by atoms with Gasteiger partial charge in [0.1, 0.15) is 5.75 Å². The number of aromatic nitrogens is 1. The average Bonchev–Trinajstić information content (AvgIpc) is 3.15. The molecule has 2 heterocycles. The summed E-state index contributed by atoms with van der Waals surface area (Å²) in [5, 5.41) is 10.0. The molecule has 1 aliphatic heterocycles. The van der Waals surface area contributed by atoms with Crippen LogP contribution in [0.15, 0.2) is 58.7 Å². The number of carbonyl (C=O) groups excluding carboxylic acids is 1. The molecule has 0 amide bonds. The Balaban J connectivity index is 2.02. The molecule has 8 nitrogen and oxygen atoms in total. The number of ether oxygens (including phenoxy) is 3. The molecule has 0 spiro atoms. The largest absolute Gasteiger partial charge is 0.506 e. The van der Waals surface area contributed by atoms with Crippen molar-refractivity contribution in [1.29, 1.82) is 0 Å². The smallest absolute Gasteiger partial charge is 0.338 e. The van der Waals surface area contributed by atoms with Gasteiger partial charge in [-0.05, 0) is 87.2 Å². The molecule has 0 saturated heterocycles. The number of nitrogens with zero attached hydrogens (tertiary/aromatic N) is 2. The molecule has 1 aromatic heterocycles. The standard InChI is InChI=1S/C25H21Br3N2O6S/c1-5-36-24(33)20-11(2)29-25-30(21(20)13-9-17(34-3)18(35-4)10-14(13)26)23(32)19(37-25)8-12-6-15(27)22(31)16(28)7-12/h6-10,21,31H,5H2,1-4H3/b19-8-/t21-/m1/s1. The number of methoxy groups -OCH3 is 2. The molecule has 1 aliphatic rings. The van der Waals surface area contributed by atoms with Gasteiger partial charge in [-0.1, -0.05) is 27.3 Å². The van der Waals surface area contributed by atoms with Crippen molar-refractivity contribution in [2.75, 3.05) is 20.8 Å². The first-order valence-corrected chi connectivity index (χ1v) is 14.1. The molecule has 3 aromatic rings. The normalized spacial score (nSPS) is 15.3. The van der Waals surface area contributed by atoms with Crippen LogP contribution in [-0.4, -0.2) is 36.5 Å². The van der Waals surface area contributed by atoms with Crippen molar-refractivity contribution in [1.82, 2.24) is 4.57 Å². The fourth-order valence-corrected chi connectivity index (χ4v) is 6.79. The summed E-state index contributed by atoms with van der Waals surface area (Å²) in [6.45, 7) is 3.61. The second-order valence-corrected chi connectivity index (χ2v) is 11.4. The fourth-order valence-electron chi connectivity index (χ4n) is 3.99. The van der Waals surface area contributed by atoms with E-state index in [2.05, 4.69) is 52.8 Å². The minimum Gasteiger partial charge on any atom is -0.506 e. The van der Waals surface area contributed by atoms with E-state index in [9.17, 15) is 14.7 Å². The number of carbonyl (C=O) groups is 1. The molecule has 0 saturated carbocycles. The van der Waals surface area contributed by atoms with Crippen molar-refractivity contribution in [3.63, 3.8) is 0 Å². The van der Waals surface area contributed by atoms with Crippen LogP contribution in [0.1, 0.15) is 31.0 Å². The highest BCUT2D eigenvalue weighted by atomic mass is 79.9. The summed E-state index contributed by atoms with van der Waals surface area (Å²) >= 11 is 11.4. The lowest BCUT2D eigenvalue weighted by Crippen LogP contribution is -2.40. The summed E-state index contributed by atoms with van der Waals surface area (Å²) in [6, 6.07) is 6.04. The van der Waals surface area contributed by atoms with Gasteiger partial charge < -0.3 is 19.3 Å². The van der Waals surface area contributed by atoms with Crippen LogP contribution in [0.2, 0.25) is 0 Å². The van der Waals surface area contributed by atoms with E-state index in [0.29, 0.717) is 51.1 Å². The van der Waals surface area contributed by atoms with Gasteiger partial charge in [-0.3, -0.25) is 9.36 Å². The number of esters is 1. The third kappa shape index (κ3) is 5.16. The second kappa shape index (κ2) is 11.1. The Morgan fingerprint density at radius 3 is 2.32 bits per heavy atom. The van der Waals surface area contributed by atoms with Gasteiger partial charge in [0.2, 0.25) is 0 Å². The minimum atomic E-state index is -0.829. The predicted molar refractivity (Wildman–Crippen MR) is 151 cm³/mol. The van der Waals surface area contributed by atoms with Gasteiger partial charge in [-0.15, -0.1) is 0 Å². The highest BCUT2D eigenvalue weighted by Gasteiger charge is 2.35. The summed E-state index contributed by atoms with van der Waals surface area (Å²) in [5.41, 5.74) is 1.67. The summed E-state index contributed by atoms with van der Waals surface area (Å²) in [7, 11) is 3.05. The fraction of sp³-hybridized carbons (Fsp3) is 0.240. The summed E-state index contributed by atoms with van der Waals surface area (Å²) < 4.78 is 19.7. The zero-order valence-electron chi connectivity index (χ0n) is 20.1. The number of allylic oxidation sites excluding steroid dienone is 1. The van der Waals surface area contributed by atoms with Crippen LogP contribution in [-0.2, 0) is 9.53 Å². The van der Waals surface area contributed by atoms with Crippen molar-refractivity contribution in [3.8, 4) is 17.2 Å². The molecule has 0 unspecified atom stereocenters. The molecule has 194 valence electrons. The van der Waals surface area contributed by atoms with Crippen LogP contribution in [0.3, 0.4) is 0 Å². The lowest BCUT2D eigenvalue weighted by molar-refractivity contribution is -0.139. The first kappa shape index (κ1) is 27.6. The minimum absolute atomic E-state index is 0.0617. The molecule has 37 heavy (non-hydrogen) atoms. The Bertz CT molecular complexity index is 1600. The van der Waals surface area contributed by atoms with E-state index < -0.39 is 12.0 Å². The van der Waals surface area contributed by atoms with Crippen LogP contribution in [0, 0.1) is 0 Å². The van der Waals surface area contributed by atoms with Crippen LogP contribution in [0.5, 0.6) is 17.2 Å². The highest BCUT2D eigenvalue weighted by molar-refractivity contribution is 9.11. The molecule has 0 bridgehead atoms. The monoisotopic (exact) mass is 714 g/mol. The van der Waals surface area contributed by atoms with E-state index in [1.807, 2.05) is 0 Å². The summed E-state index contributed by atoms with van der Waals surface area (Å²) in [4.78, 5) is 32.0. The van der Waals surface area contributed by atoms with Crippen molar-refractivity contribution in [2.45, 2.75) is 19.9 Å². The number of rotatable bonds is 6. The first-order valence-electron chi connectivity index (χ1n) is 10.9. The Morgan fingerprint density at radius 1 is 1.11 bits per heavy atom. The quantitative estimate of drug-likeness (QED) is 0.368. The summed E-state index contributed by atoms with van der Waals surface area (Å²) in [5.74, 6) is 0.439. The lowest BCUT2D eigenvalue weighted by atomic mass is 9.95. The maximum absolute atomic E-state index is 13.8. The van der Waals surface area contributed by atoms with E-state index in [1.54, 1.807) is 44.2 Å². The maximum Gasteiger partial charge on any atom is 0.338 e. The first-order chi connectivity index (χ1) is 17.6. The molecule has 12 heteroatoms. The van der Waals surface area contributed by atoms with Crippen molar-refractivity contribution >= 4 is 71.2 Å². The van der Waals surface area contributed by atoms with Crippen LogP contribution >= 0.6 is 59.1 Å². The van der Waals surface area contributed by atoms with Crippen molar-refractivity contribution < 1.29 is 24.1 Å². The zero-order chi connectivity index (χ0) is 27.0. The number of phenols is 1. The van der Waals surface area contributed by atoms with Gasteiger partial charge in [0.15, 0.2) is 16.3 Å². The number of hydrogen-bond acceptors (Lipinski definition) is 8. The second-order valence-electron chi connectivity index (χ2n) is 7.86. The van der Waals surface area contributed by atoms with Gasteiger partial charge >= 0.3 is 5.97 Å². The Labute approximate surface area is 241 Å². The van der Waals surface area contributed by atoms with Crippen molar-refractivity contribution in [3.05, 3.63) is 79.8 Å². The van der Waals surface area contributed by atoms with Crippen molar-refractivity contribution in [2.24, 2.45) is 4.99 Å². The Hall–Kier alpha value is -2.41. The molecule has 0 aliphatic carbocycles. The third-order valence-electron chi connectivity index (χ3n) is 5.65. The Kier molecular flexibility index (Phi) is 8.32. The molecular formula is C25H21Br3N2O6S. The molecule has 0 radical (unpaired) electrons. The lowest BCUT2D eigenvalue weighted by Gasteiger charge is -2.26. The molecule has 1 atom stereocenters. The van der Waals surface area contributed by atoms with E-state index in [1.165, 1.54) is 30.1 Å². The molecule has 2 aromatic carbocycles. The molecular weight excluding hydrogens is 696 g/mol. The van der Waals surface area contributed by atoms with Crippen LogP contribution < -0.4 is 24.4 Å². The number of aromatic hydroxyl groups is 1. The van der Waals surface area contributed by atoms with Gasteiger partial charge in [0, 0.05) is 4.47 Å². The number of phenolic OH excluding ortho intramolecular Hbond substituents is 1. The van der Waals surface area contributed by atoms with Gasteiger partial charge in [0.05, 0.1) is 51.6 Å². The SMILES string of the molecule is CCOC(=O)C1=C(C)N=c2s/c(=C\c3cc(Br)c(O)c(Br)c3)c(=O)n2[C@@H]1c1cc(OC)c(OC)cc1Br. The topological polar surface area (TPSA) is 99.4 Å². The molecule has 0 fully saturated rings. The van der Waals surface area contributed by atoms with Gasteiger partial charge in [0.25, 0.3) is 5.56 Å². The number of thiazole rings is 1. The average molecular weight is 717 g/mol. The third-order valence-corrected chi connectivity index (χ3v) is 8.53. The number of fused-ring (bicyclic) bond motifs is 1. The number of halogens is 3. The van der Waals surface area contributed by atoms with Gasteiger partial charge in [-0.25, -0.2) is 9.79 Å². The zero-order valence-corrected chi connectivity index (χ0v) is 25.7. The maximum atomic E-state index is 13.8. The van der Waals surface area contributed by atoms with Crippen LogP contribution in [0.4, 0.5) is 0 Å². The molecule has 4 rings (SSSR count). The predicted octanol–water partition coefficient (Wildman–Crippen LogP) is 4.81. The number of benzene rings is 2. The van der Waals surface area contributed by atoms with Crippen LogP contribution in [0.25, 0.3) is 6.08 Å². The van der Waals surface area contributed by atoms with E-state index in [4.69, 9.17) is 14.2 Å².